The van der Waals surface area contributed by atoms with Crippen LogP contribution in [0.15, 0.2) is 47.6 Å². The molecule has 0 saturated heterocycles. The Morgan fingerprint density at radius 1 is 0.828 bits per heavy atom. The van der Waals surface area contributed by atoms with Crippen LogP contribution in [-0.4, -0.2) is 45.0 Å². The summed E-state index contributed by atoms with van der Waals surface area (Å²) in [5.74, 6) is -2.97. The quantitative estimate of drug-likeness (QED) is 0.235. The molecule has 172 valence electrons. The van der Waals surface area contributed by atoms with E-state index in [0.29, 0.717) is 5.69 Å². The molecule has 0 amide bonds. The second kappa shape index (κ2) is 23.2. The molecule has 0 unspecified atom stereocenters. The molecule has 0 fully saturated rings. The smallest absolute Gasteiger partial charge is 0.545 e. The van der Waals surface area contributed by atoms with Gasteiger partial charge in [0.25, 0.3) is 0 Å². The Morgan fingerprint density at radius 2 is 1.28 bits per heavy atom. The van der Waals surface area contributed by atoms with Crippen LogP contribution >= 0.6 is 0 Å². The molecule has 0 bridgehead atoms. The average molecular weight is 475 g/mol. The normalized spacial score (nSPS) is 7.31. The molecule has 0 spiro atoms. The topological polar surface area (TPSA) is 364 Å². The van der Waals surface area contributed by atoms with E-state index in [2.05, 4.69) is 9.98 Å². The van der Waals surface area contributed by atoms with Gasteiger partial charge in [-0.2, -0.15) is 0 Å². The first-order chi connectivity index (χ1) is 9.56. The molecule has 0 aliphatic heterocycles. The fourth-order valence-corrected chi connectivity index (χ4v) is 1.51. The summed E-state index contributed by atoms with van der Waals surface area (Å²) in [4.78, 5) is 29.6. The predicted molar refractivity (Wildman–Crippen MR) is 101 cm³/mol. The van der Waals surface area contributed by atoms with Gasteiger partial charge in [-0.05, 0) is 41.5 Å². The van der Waals surface area contributed by atoms with Gasteiger partial charge in [-0.25, -0.2) is 0 Å². The van der Waals surface area contributed by atoms with E-state index in [9.17, 15) is 19.8 Å². The second-order valence-corrected chi connectivity index (χ2v) is 3.86. The molecule has 0 saturated carbocycles. The van der Waals surface area contributed by atoms with Crippen LogP contribution in [0.25, 0.3) is 0 Å². The fraction of sp³-hybridized carbons (Fsp3) is 0. The molecule has 2 rings (SSSR count). The summed E-state index contributed by atoms with van der Waals surface area (Å²) in [6.07, 6.45) is 2.97. The Labute approximate surface area is 174 Å². The summed E-state index contributed by atoms with van der Waals surface area (Å²) in [6.45, 7) is 0. The van der Waals surface area contributed by atoms with Gasteiger partial charge in [0.1, 0.15) is 0 Å². The Bertz CT molecular complexity index is 668. The van der Waals surface area contributed by atoms with Crippen molar-refractivity contribution >= 4 is 23.8 Å². The van der Waals surface area contributed by atoms with Gasteiger partial charge in [0.15, 0.2) is 0 Å². The predicted octanol–water partition coefficient (Wildman–Crippen LogP) is -7.43. The van der Waals surface area contributed by atoms with Crippen molar-refractivity contribution in [1.29, 1.82) is 0 Å². The monoisotopic (exact) mass is 474 g/mol. The van der Waals surface area contributed by atoms with Gasteiger partial charge in [0.2, 0.25) is 0 Å². The van der Waals surface area contributed by atoms with Gasteiger partial charge >= 0.3 is 16.5 Å². The zero-order valence-electron chi connectivity index (χ0n) is 14.8. The number of rotatable bonds is 4. The van der Waals surface area contributed by atoms with Crippen LogP contribution in [0.3, 0.4) is 0 Å². The molecular weight excluding hydrogens is 447 g/mol. The number of hydrogen-bond donors (Lipinski definition) is 0. The number of benzene rings is 1. The van der Waals surface area contributed by atoms with Crippen LogP contribution < -0.4 is 10.2 Å². The molecule has 0 aliphatic rings. The van der Waals surface area contributed by atoms with Crippen molar-refractivity contribution in [3.8, 4) is 0 Å². The summed E-state index contributed by atoms with van der Waals surface area (Å²) < 4.78 is 0. The van der Waals surface area contributed by atoms with Gasteiger partial charge in [-0.3, -0.25) is 9.98 Å². The standard InChI is InChI=1S/C14H10N2O4.Ni.8H2O/c17-13(18)9-5-10(14(19)20)7-12(6-9)16-8-11-3-1-2-4-15-11;;;;;;;;;/h1-8H,(H,17,18)(H,19,20);;8*1H2/q;+2;;;;;;;;/p+2. The van der Waals surface area contributed by atoms with Gasteiger partial charge in [-0.15, -0.1) is 0 Å². The minimum absolute atomic E-state index is 0. The molecular formula is C14H28N2NiO12+4. The second-order valence-electron chi connectivity index (χ2n) is 3.86. The summed E-state index contributed by atoms with van der Waals surface area (Å²) in [7, 11) is 0. The number of aliphatic imine (C=N–C) groups is 1. The molecule has 15 heteroatoms. The van der Waals surface area contributed by atoms with Crippen LogP contribution in [-0.2, 0) is 38.4 Å². The number of hydrogen-bond acceptors (Lipinski definition) is 6. The van der Waals surface area contributed by atoms with Crippen LogP contribution in [0.4, 0.5) is 5.69 Å². The maximum absolute atomic E-state index is 10.8. The van der Waals surface area contributed by atoms with Crippen LogP contribution in [0.2, 0.25) is 0 Å². The first-order valence-corrected chi connectivity index (χ1v) is 5.59. The molecule has 1 aromatic carbocycles. The maximum atomic E-state index is 10.8. The number of nitrogens with zero attached hydrogens (tertiary/aromatic N) is 2. The number of carbonyl (C=O) groups is 2. The van der Waals surface area contributed by atoms with Crippen LogP contribution in [0, 0.1) is 0 Å². The first-order valence-electron chi connectivity index (χ1n) is 5.59. The van der Waals surface area contributed by atoms with E-state index in [1.165, 1.54) is 18.3 Å². The van der Waals surface area contributed by atoms with Gasteiger partial charge < -0.3 is 63.6 Å². The van der Waals surface area contributed by atoms with Crippen molar-refractivity contribution in [3.63, 3.8) is 0 Å². The largest absolute Gasteiger partial charge is 2.00 e. The summed E-state index contributed by atoms with van der Waals surface area (Å²) >= 11 is 0. The number of carboxylic acids is 2. The first kappa shape index (κ1) is 50.2. The third-order valence-electron chi connectivity index (χ3n) is 2.42. The minimum atomic E-state index is -1.48. The van der Waals surface area contributed by atoms with Crippen molar-refractivity contribution in [2.24, 2.45) is 4.99 Å². The Hall–Kier alpha value is -2.85. The van der Waals surface area contributed by atoms with E-state index < -0.39 is 11.9 Å². The molecule has 29 heavy (non-hydrogen) atoms. The zero-order chi connectivity index (χ0) is 14.5. The van der Waals surface area contributed by atoms with Crippen molar-refractivity contribution in [3.05, 3.63) is 59.4 Å². The Kier molecular flexibility index (Phi) is 40.2. The number of pyridine rings is 1. The van der Waals surface area contributed by atoms with Crippen molar-refractivity contribution < 1.29 is 80.1 Å². The van der Waals surface area contributed by atoms with Gasteiger partial charge in [-0.1, -0.05) is 6.07 Å². The third-order valence-corrected chi connectivity index (χ3v) is 2.42. The van der Waals surface area contributed by atoms with Crippen LogP contribution in [0.1, 0.15) is 26.4 Å². The Morgan fingerprint density at radius 3 is 1.62 bits per heavy atom. The minimum Gasteiger partial charge on any atom is -0.545 e. The number of aromatic carboxylic acids is 2. The molecule has 0 radical (unpaired) electrons. The number of carbonyl (C=O) groups excluding carboxylic acids is 2. The van der Waals surface area contributed by atoms with E-state index in [-0.39, 0.29) is 77.1 Å². The van der Waals surface area contributed by atoms with Gasteiger partial charge in [0.05, 0.1) is 29.5 Å². The molecule has 14 nitrogen and oxygen atoms in total. The molecule has 1 aromatic heterocycles. The maximum Gasteiger partial charge on any atom is 2.00 e. The molecule has 0 atom stereocenters. The van der Waals surface area contributed by atoms with E-state index in [4.69, 9.17) is 0 Å². The molecule has 0 aliphatic carbocycles. The Balaban J connectivity index is -0.0000000817. The van der Waals surface area contributed by atoms with Crippen molar-refractivity contribution in [1.82, 2.24) is 4.98 Å². The van der Waals surface area contributed by atoms with Crippen LogP contribution in [0.5, 0.6) is 0 Å². The zero-order valence-corrected chi connectivity index (χ0v) is 15.8. The summed E-state index contributed by atoms with van der Waals surface area (Å²) in [6, 6.07) is 8.58. The number of aromatic nitrogens is 1. The van der Waals surface area contributed by atoms with E-state index in [0.717, 1.165) is 6.07 Å². The number of carboxylic acid groups (broad SMARTS) is 2. The van der Waals surface area contributed by atoms with E-state index >= 15 is 0 Å². The average Bonchev–Trinajstić information content (AvgIpc) is 2.45. The molecule has 2 aromatic rings. The third kappa shape index (κ3) is 14.8. The van der Waals surface area contributed by atoms with Crippen molar-refractivity contribution in [2.45, 2.75) is 0 Å². The van der Waals surface area contributed by atoms with E-state index in [1.54, 1.807) is 24.4 Å². The molecule has 1 heterocycles. The SMILES string of the molecule is O.O.O.O.O=C([O-])c1cc(N=Cc2ccccn2)cc(C(=O)[O-])c1.[Ni+2].[OH3+].[OH3+].[OH3+].[OH3+]. The van der Waals surface area contributed by atoms with Crippen molar-refractivity contribution in [2.75, 3.05) is 0 Å². The summed E-state index contributed by atoms with van der Waals surface area (Å²) in [5.41, 5.74) is 0.164. The van der Waals surface area contributed by atoms with E-state index in [1.807, 2.05) is 0 Å². The molecule has 20 N–H and O–H groups in total. The summed E-state index contributed by atoms with van der Waals surface area (Å²) in [5, 5.41) is 21.6. The fourth-order valence-electron chi connectivity index (χ4n) is 1.51. The van der Waals surface area contributed by atoms with Gasteiger partial charge in [0, 0.05) is 6.20 Å².